The van der Waals surface area contributed by atoms with Crippen molar-refractivity contribution in [2.75, 3.05) is 19.6 Å². The van der Waals surface area contributed by atoms with Crippen molar-refractivity contribution >= 4 is 63.8 Å². The summed E-state index contributed by atoms with van der Waals surface area (Å²) >= 11 is 0. The summed E-state index contributed by atoms with van der Waals surface area (Å²) in [5.41, 5.74) is 20.8. The van der Waals surface area contributed by atoms with Crippen molar-refractivity contribution in [3.8, 4) is 45.0 Å². The van der Waals surface area contributed by atoms with Gasteiger partial charge in [0.15, 0.2) is 0 Å². The number of nitrogens with zero attached hydrogens (tertiary/aromatic N) is 4. The Hall–Kier alpha value is -8.48. The van der Waals surface area contributed by atoms with E-state index in [2.05, 4.69) is 230 Å². The molecule has 4 heterocycles. The molecule has 5 saturated carbocycles. The Labute approximate surface area is 890 Å². The van der Waals surface area contributed by atoms with Crippen LogP contribution in [0.4, 0.5) is 0 Å². The van der Waals surface area contributed by atoms with Crippen molar-refractivity contribution in [3.05, 3.63) is 164 Å². The Morgan fingerprint density at radius 1 is 0.331 bits per heavy atom. The summed E-state index contributed by atoms with van der Waals surface area (Å²) in [7, 11) is -15.6. The molecule has 5 aliphatic rings. The van der Waals surface area contributed by atoms with E-state index in [-0.39, 0.29) is 88.6 Å². The third kappa shape index (κ3) is 31.2. The van der Waals surface area contributed by atoms with Crippen LogP contribution in [0.15, 0.2) is 117 Å². The number of benzene rings is 4. The second-order valence-electron chi connectivity index (χ2n) is 53.5. The van der Waals surface area contributed by atoms with E-state index in [4.69, 9.17) is 10.9 Å². The molecule has 8 aromatic rings. The first-order chi connectivity index (χ1) is 67.7. The minimum absolute atomic E-state index is 0.0370. The van der Waals surface area contributed by atoms with E-state index in [0.29, 0.717) is 46.3 Å². The van der Waals surface area contributed by atoms with E-state index < -0.39 is 74.2 Å². The highest BCUT2D eigenvalue weighted by Crippen LogP contribution is 2.51. The molecule has 0 atom stereocenters. The number of amides is 2. The Bertz CT molecular complexity index is 6020. The number of primary amides is 1. The Kier molecular flexibility index (Phi) is 37.8. The van der Waals surface area contributed by atoms with Gasteiger partial charge in [-0.25, -0.2) is 53.0 Å². The van der Waals surface area contributed by atoms with Gasteiger partial charge in [-0.1, -0.05) is 227 Å². The molecule has 5 aliphatic carbocycles. The monoisotopic (exact) mass is 2120 g/mol. The molecule has 10 N–H and O–H groups in total. The van der Waals surface area contributed by atoms with Crippen LogP contribution in [-0.2, 0) is 119 Å². The summed E-state index contributed by atoms with van der Waals surface area (Å²) in [6.45, 7) is 67.3. The lowest BCUT2D eigenvalue weighted by molar-refractivity contribution is -0.147. The Morgan fingerprint density at radius 2 is 0.568 bits per heavy atom. The lowest BCUT2D eigenvalue weighted by Crippen LogP contribution is -2.42. The predicted molar refractivity (Wildman–Crippen MR) is 603 cm³/mol. The third-order valence-corrected chi connectivity index (χ3v) is 37.2. The maximum Gasteiger partial charge on any atom is 0.310 e. The summed E-state index contributed by atoms with van der Waals surface area (Å²) in [6.07, 6.45) is 26.4. The fourth-order valence-electron chi connectivity index (χ4n) is 20.4. The van der Waals surface area contributed by atoms with Crippen LogP contribution in [-0.4, -0.2) is 111 Å². The van der Waals surface area contributed by atoms with Crippen molar-refractivity contribution in [2.24, 2.45) is 50.8 Å². The van der Waals surface area contributed by atoms with Crippen LogP contribution in [0.3, 0.4) is 0 Å². The van der Waals surface area contributed by atoms with Gasteiger partial charge in [-0.2, -0.15) is 0 Å². The van der Waals surface area contributed by atoms with Gasteiger partial charge in [0.05, 0.1) is 16.2 Å². The average molecular weight is 2120 g/mol. The number of nitrogens with one attached hydrogen (secondary N) is 4. The molecule has 28 heteroatoms. The number of aliphatic carboxylic acids is 2. The maximum absolute atomic E-state index is 13.6. The van der Waals surface area contributed by atoms with E-state index in [1.54, 1.807) is 26.0 Å². The molecule has 0 bridgehead atoms. The van der Waals surface area contributed by atoms with Crippen molar-refractivity contribution in [1.29, 1.82) is 0 Å². The van der Waals surface area contributed by atoms with Gasteiger partial charge in [-0.05, 0) is 356 Å². The van der Waals surface area contributed by atoms with Gasteiger partial charge in [0.2, 0.25) is 46.0 Å². The quantitative estimate of drug-likeness (QED) is 0.0207. The zero-order valence-corrected chi connectivity index (χ0v) is 99.2. The van der Waals surface area contributed by atoms with Gasteiger partial charge in [0, 0.05) is 102 Å². The number of hydrogen-bond acceptors (Lipinski definition) is 12. The molecule has 0 saturated heterocycles. The number of hydrogen-bond donors (Lipinski definition) is 8. The van der Waals surface area contributed by atoms with E-state index in [9.17, 15) is 63.1 Å². The number of rotatable bonds is 30. The number of aromatic nitrogens is 4. The lowest BCUT2D eigenvalue weighted by atomic mass is 9.79. The number of sulfonamides is 4. The molecule has 148 heavy (non-hydrogen) atoms. The summed E-state index contributed by atoms with van der Waals surface area (Å²) in [5.74, 6) is -0.700. The van der Waals surface area contributed by atoms with Crippen LogP contribution in [0.5, 0.6) is 0 Å². The molecular formula is C120H184N10O14S4. The molecule has 0 radical (unpaired) electrons. The van der Waals surface area contributed by atoms with Crippen LogP contribution in [0.2, 0.25) is 0 Å². The standard InChI is InChI=1S/C31H49N3O3S.C31H46N2O4S.C31H48N2O4S.C27H41N3O3S/c1-21-27(38(36,37)33-20-31(8,9)28(32)35)18-26(34(21)19-22-13-11-10-12-14-22)23-15-24(29(2,3)4)17-25(16-23)30(5,6)7;1-21-27(38(36,37)32-20-30(5,6)28(34)35)18-26(33(21)19-22-11-9-8-10-12-22)23-15-24(29(2,3)4)17-25(16-23)31(7)13-14-31;1-21-27(38(36,37)32-20-31(8,9)28(34)35)18-26(33(21)19-22-13-11-10-12-14-22)23-15-24(29(2,3)4)17-25(16-23)30(5,6)7;1-18-24(34(28,32)33)16-23(30(18)17-19-11-9-8-10-12-19)20-13-21(25(31)29-27(5,6)7)15-22(14-20)26(2,3)4/h15-18,22,33H,10-14,19-20H2,1-9H3,(H2,32,35);15-18,22,32H,8-14,19-20H2,1-7H3,(H,34,35);15-18,22,32H,10-14,19-20H2,1-9H3,(H,34,35);13-16,19H,8-12,17H2,1-7H3,(H,29,31)(H2,28,32,33). The second kappa shape index (κ2) is 46.0. The van der Waals surface area contributed by atoms with Crippen LogP contribution < -0.4 is 30.4 Å². The van der Waals surface area contributed by atoms with E-state index >= 15 is 0 Å². The molecule has 0 aliphatic heterocycles. The van der Waals surface area contributed by atoms with Gasteiger partial charge in [-0.15, -0.1) is 0 Å². The Morgan fingerprint density at radius 3 is 0.811 bits per heavy atom. The molecule has 4 aromatic carbocycles. The van der Waals surface area contributed by atoms with Crippen molar-refractivity contribution in [3.63, 3.8) is 0 Å². The van der Waals surface area contributed by atoms with Crippen molar-refractivity contribution < 1.29 is 63.1 Å². The normalized spacial score (nSPS) is 16.7. The van der Waals surface area contributed by atoms with Gasteiger partial charge in [-0.3, -0.25) is 19.2 Å². The molecule has 13 rings (SSSR count). The first kappa shape index (κ1) is 121. The zero-order chi connectivity index (χ0) is 111. The highest BCUT2D eigenvalue weighted by atomic mass is 32.2. The molecule has 822 valence electrons. The number of nitrogens with two attached hydrogens (primary N) is 2. The van der Waals surface area contributed by atoms with E-state index in [0.717, 1.165) is 121 Å². The number of carboxylic acids is 2. The third-order valence-electron chi connectivity index (χ3n) is 31.6. The Balaban J connectivity index is 0.000000202. The number of carbonyl (C=O) groups excluding carboxylic acids is 2. The molecule has 5 fully saturated rings. The SMILES string of the molecule is Cc1c(S(=O)(=O)NCC(C)(C)C(=O)O)cc(-c2cc(C(C)(C)C)cc(C(C)(C)C)c2)n1CC1CCCCC1.Cc1c(S(=O)(=O)NCC(C)(C)C(=O)O)cc(-c2cc(C(C)(C)C)cc(C3(C)CC3)c2)n1CC1CCCCC1.Cc1c(S(=O)(=O)NCC(C)(C)C(N)=O)cc(-c2cc(C(C)(C)C)cc(C(C)(C)C)c2)n1CC1CCCCC1.Cc1c(S(N)(=O)=O)cc(-c2cc(C(=O)NC(C)(C)C)cc(C(C)(C)C)c2)n1CC1CCCCC1. The summed E-state index contributed by atoms with van der Waals surface area (Å²) in [6, 6.07) is 33.3. The summed E-state index contributed by atoms with van der Waals surface area (Å²) < 4.78 is 123. The number of primary sulfonamides is 1. The van der Waals surface area contributed by atoms with Crippen molar-refractivity contribution in [2.45, 2.75) is 452 Å². The second-order valence-corrected chi connectivity index (χ2v) is 60.2. The van der Waals surface area contributed by atoms with Crippen molar-refractivity contribution in [1.82, 2.24) is 37.8 Å². The van der Waals surface area contributed by atoms with Gasteiger partial charge in [0.25, 0.3) is 5.91 Å². The van der Waals surface area contributed by atoms with E-state index in [1.807, 2.05) is 72.7 Å². The lowest BCUT2D eigenvalue weighted by Gasteiger charge is -2.27. The predicted octanol–water partition coefficient (Wildman–Crippen LogP) is 25.8. The molecule has 0 spiro atoms. The molecule has 4 aromatic heterocycles. The summed E-state index contributed by atoms with van der Waals surface area (Å²) in [5, 5.41) is 27.6. The highest BCUT2D eigenvalue weighted by Gasteiger charge is 2.42. The minimum atomic E-state index is -3.92. The minimum Gasteiger partial charge on any atom is -0.481 e. The average Bonchev–Trinajstić information content (AvgIpc) is 1.60. The zero-order valence-electron chi connectivity index (χ0n) is 95.9. The fraction of sp³-hybridized carbons (Fsp3) is 0.633. The van der Waals surface area contributed by atoms with Gasteiger partial charge >= 0.3 is 11.9 Å². The van der Waals surface area contributed by atoms with Crippen LogP contribution in [0.25, 0.3) is 45.0 Å². The first-order valence-corrected chi connectivity index (χ1v) is 60.3. The molecular weight excluding hydrogens is 1930 g/mol. The highest BCUT2D eigenvalue weighted by molar-refractivity contribution is 7.90. The van der Waals surface area contributed by atoms with Gasteiger partial charge < -0.3 is 39.5 Å². The van der Waals surface area contributed by atoms with Crippen LogP contribution in [0, 0.1) is 67.6 Å². The largest absolute Gasteiger partial charge is 0.481 e. The first-order valence-electron chi connectivity index (χ1n) is 54.3. The van der Waals surface area contributed by atoms with Gasteiger partial charge in [0.1, 0.15) is 19.6 Å². The molecule has 0 unspecified atom stereocenters. The number of carbonyl (C=O) groups is 4. The fourth-order valence-corrected chi connectivity index (χ4v) is 25.6. The number of carboxylic acid groups (broad SMARTS) is 2. The smallest absolute Gasteiger partial charge is 0.310 e. The maximum atomic E-state index is 13.6. The van der Waals surface area contributed by atoms with E-state index in [1.165, 1.54) is 164 Å². The van der Waals surface area contributed by atoms with Crippen LogP contribution in [0.1, 0.15) is 407 Å². The molecule has 2 amide bonds. The summed E-state index contributed by atoms with van der Waals surface area (Å²) in [4.78, 5) is 49.0. The topological polar surface area (TPSA) is 365 Å². The van der Waals surface area contributed by atoms with Crippen LogP contribution >= 0.6 is 0 Å². The molecule has 24 nitrogen and oxygen atoms in total.